The van der Waals surface area contributed by atoms with Crippen molar-refractivity contribution in [3.8, 4) is 22.5 Å². The fourth-order valence-corrected chi connectivity index (χ4v) is 7.19. The van der Waals surface area contributed by atoms with E-state index in [4.69, 9.17) is 9.97 Å². The molecule has 10 rings (SSSR count). The summed E-state index contributed by atoms with van der Waals surface area (Å²) in [5.74, 6) is 1.02. The Morgan fingerprint density at radius 1 is 0.537 bits per heavy atom. The Labute approximate surface area is 232 Å². The number of rotatable bonds is 1. The third-order valence-electron chi connectivity index (χ3n) is 8.92. The highest BCUT2D eigenvalue weighted by molar-refractivity contribution is 6.21. The Hall–Kier alpha value is -5.55. The molecule has 0 amide bonds. The maximum absolute atomic E-state index is 13.9. The number of hydrogen-bond acceptors (Lipinski definition) is 3. The van der Waals surface area contributed by atoms with Gasteiger partial charge in [0, 0.05) is 21.7 Å². The average molecular weight is 525 g/mol. The number of para-hydroxylation sites is 4. The van der Waals surface area contributed by atoms with Crippen molar-refractivity contribution in [3.63, 3.8) is 0 Å². The van der Waals surface area contributed by atoms with Crippen molar-refractivity contribution in [2.75, 3.05) is 0 Å². The lowest BCUT2D eigenvalue weighted by Gasteiger charge is -2.22. The fourth-order valence-electron chi connectivity index (χ4n) is 7.19. The summed E-state index contributed by atoms with van der Waals surface area (Å²) < 4.78 is 4.09. The van der Waals surface area contributed by atoms with E-state index < -0.39 is 0 Å². The summed E-state index contributed by atoms with van der Waals surface area (Å²) in [4.78, 5) is 23.8. The normalized spacial score (nSPS) is 12.9. The van der Waals surface area contributed by atoms with Gasteiger partial charge in [-0.25, -0.2) is 9.97 Å². The molecule has 0 aliphatic carbocycles. The van der Waals surface area contributed by atoms with Crippen molar-refractivity contribution in [1.29, 1.82) is 0 Å². The predicted octanol–water partition coefficient (Wildman–Crippen LogP) is 7.79. The molecule has 5 nitrogen and oxygen atoms in total. The second-order valence-corrected chi connectivity index (χ2v) is 11.0. The minimum absolute atomic E-state index is 0.0280. The van der Waals surface area contributed by atoms with Crippen LogP contribution >= 0.6 is 0 Å². The van der Waals surface area contributed by atoms with E-state index in [0.29, 0.717) is 11.0 Å². The van der Waals surface area contributed by atoms with Gasteiger partial charge >= 0.3 is 0 Å². The number of imidazole rings is 2. The van der Waals surface area contributed by atoms with Gasteiger partial charge in [-0.3, -0.25) is 9.20 Å². The monoisotopic (exact) mass is 524 g/mol. The van der Waals surface area contributed by atoms with Gasteiger partial charge in [0.05, 0.1) is 28.6 Å². The molecular weight excluding hydrogens is 504 g/mol. The number of aromatic nitrogens is 4. The third kappa shape index (κ3) is 2.59. The Kier molecular flexibility index (Phi) is 3.81. The summed E-state index contributed by atoms with van der Waals surface area (Å²) in [5, 5.41) is 6.20. The smallest absolute Gasteiger partial charge is 0.264 e. The van der Waals surface area contributed by atoms with Gasteiger partial charge in [0.2, 0.25) is 0 Å². The molecule has 1 aliphatic rings. The SMILES string of the molecule is O=c1c2cccc3c(-c4ccc5c6c(cccc46)Cn4c-5nc5ccccc54)ccc(c32)c2nc3ccccc3n12. The van der Waals surface area contributed by atoms with Crippen molar-refractivity contribution in [1.82, 2.24) is 18.9 Å². The molecule has 0 radical (unpaired) electrons. The zero-order valence-corrected chi connectivity index (χ0v) is 21.8. The van der Waals surface area contributed by atoms with Gasteiger partial charge in [0.15, 0.2) is 0 Å². The van der Waals surface area contributed by atoms with Gasteiger partial charge < -0.3 is 4.57 Å². The number of benzene rings is 6. The lowest BCUT2D eigenvalue weighted by Crippen LogP contribution is -2.13. The first-order valence-electron chi connectivity index (χ1n) is 13.9. The van der Waals surface area contributed by atoms with E-state index in [9.17, 15) is 4.79 Å². The molecule has 41 heavy (non-hydrogen) atoms. The molecule has 0 saturated heterocycles. The highest BCUT2D eigenvalue weighted by Gasteiger charge is 2.24. The molecular formula is C36H20N4O. The topological polar surface area (TPSA) is 52.2 Å². The van der Waals surface area contributed by atoms with E-state index in [2.05, 4.69) is 71.3 Å². The van der Waals surface area contributed by atoms with Crippen LogP contribution in [0.15, 0.2) is 114 Å². The first kappa shape index (κ1) is 21.3. The standard InChI is InChI=1S/C36H20N4O/c41-36-27-10-6-9-24-22(16-18-26(33(24)27)35-38-29-12-2-4-14-31(29)40(35)36)21-15-17-25-32-20(7-5-8-23(21)32)19-39-30-13-3-1-11-28(30)37-34(25)39/h1-18H,19H2. The minimum atomic E-state index is -0.0280. The molecule has 0 unspecified atom stereocenters. The lowest BCUT2D eigenvalue weighted by atomic mass is 9.87. The van der Waals surface area contributed by atoms with E-state index in [-0.39, 0.29) is 5.56 Å². The molecule has 0 fully saturated rings. The first-order valence-corrected chi connectivity index (χ1v) is 13.9. The fraction of sp³-hybridized carbons (Fsp3) is 0.0278. The van der Waals surface area contributed by atoms with Crippen LogP contribution < -0.4 is 5.56 Å². The van der Waals surface area contributed by atoms with Crippen LogP contribution in [0.5, 0.6) is 0 Å². The van der Waals surface area contributed by atoms with Gasteiger partial charge in [0.1, 0.15) is 11.5 Å². The molecule has 0 saturated carbocycles. The van der Waals surface area contributed by atoms with Crippen LogP contribution in [0.4, 0.5) is 0 Å². The summed E-state index contributed by atoms with van der Waals surface area (Å²) in [5.41, 5.74) is 9.26. The van der Waals surface area contributed by atoms with Crippen molar-refractivity contribution >= 4 is 60.0 Å². The second kappa shape index (κ2) is 7.34. The Bertz CT molecular complexity index is 2640. The summed E-state index contributed by atoms with van der Waals surface area (Å²) in [6.45, 7) is 0.790. The molecule has 9 aromatic rings. The minimum Gasteiger partial charge on any atom is -0.319 e. The molecule has 190 valence electrons. The van der Waals surface area contributed by atoms with Crippen molar-refractivity contribution < 1.29 is 0 Å². The van der Waals surface area contributed by atoms with Crippen LogP contribution in [-0.4, -0.2) is 18.9 Å². The first-order chi connectivity index (χ1) is 20.3. The molecule has 0 spiro atoms. The summed E-state index contributed by atoms with van der Waals surface area (Å²) in [7, 11) is 0. The number of nitrogens with zero attached hydrogens (tertiary/aromatic N) is 4. The van der Waals surface area contributed by atoms with Gasteiger partial charge in [-0.1, -0.05) is 66.7 Å². The molecule has 6 aromatic carbocycles. The zero-order chi connectivity index (χ0) is 26.8. The summed E-state index contributed by atoms with van der Waals surface area (Å²) in [6, 6.07) is 37.7. The Morgan fingerprint density at radius 3 is 2.05 bits per heavy atom. The number of fused-ring (bicyclic) bond motifs is 8. The molecule has 0 N–H and O–H groups in total. The van der Waals surface area contributed by atoms with Crippen molar-refractivity contribution in [2.45, 2.75) is 6.54 Å². The van der Waals surface area contributed by atoms with Gasteiger partial charge in [-0.15, -0.1) is 0 Å². The highest BCUT2D eigenvalue weighted by atomic mass is 16.1. The highest BCUT2D eigenvalue weighted by Crippen LogP contribution is 2.44. The summed E-state index contributed by atoms with van der Waals surface area (Å²) in [6.07, 6.45) is 0. The molecule has 3 aromatic heterocycles. The van der Waals surface area contributed by atoms with Gasteiger partial charge in [-0.2, -0.15) is 0 Å². The molecule has 5 heteroatoms. The van der Waals surface area contributed by atoms with E-state index in [1.165, 1.54) is 16.3 Å². The van der Waals surface area contributed by atoms with E-state index in [1.807, 2.05) is 42.5 Å². The zero-order valence-electron chi connectivity index (χ0n) is 21.8. The van der Waals surface area contributed by atoms with E-state index in [1.54, 1.807) is 4.40 Å². The van der Waals surface area contributed by atoms with Crippen molar-refractivity contribution in [2.24, 2.45) is 0 Å². The quantitative estimate of drug-likeness (QED) is 0.220. The van der Waals surface area contributed by atoms with Crippen LogP contribution in [0.1, 0.15) is 5.56 Å². The van der Waals surface area contributed by atoms with Crippen LogP contribution in [0.2, 0.25) is 0 Å². The Balaban J connectivity index is 1.30. The number of hydrogen-bond donors (Lipinski definition) is 0. The molecule has 4 heterocycles. The molecule has 0 bridgehead atoms. The number of pyridine rings is 1. The van der Waals surface area contributed by atoms with Crippen molar-refractivity contribution in [3.05, 3.63) is 125 Å². The van der Waals surface area contributed by atoms with Gasteiger partial charge in [-0.05, 0) is 75.3 Å². The Morgan fingerprint density at radius 2 is 1.20 bits per heavy atom. The van der Waals surface area contributed by atoms with Crippen LogP contribution in [-0.2, 0) is 6.54 Å². The van der Waals surface area contributed by atoms with Crippen LogP contribution in [0.3, 0.4) is 0 Å². The average Bonchev–Trinajstić information content (AvgIpc) is 3.59. The maximum atomic E-state index is 13.9. The maximum Gasteiger partial charge on any atom is 0.264 e. The predicted molar refractivity (Wildman–Crippen MR) is 166 cm³/mol. The van der Waals surface area contributed by atoms with Crippen LogP contribution in [0, 0.1) is 0 Å². The molecule has 0 atom stereocenters. The van der Waals surface area contributed by atoms with Gasteiger partial charge in [0.25, 0.3) is 5.56 Å². The second-order valence-electron chi connectivity index (χ2n) is 11.0. The lowest BCUT2D eigenvalue weighted by molar-refractivity contribution is 0.831. The molecule has 1 aliphatic heterocycles. The summed E-state index contributed by atoms with van der Waals surface area (Å²) >= 11 is 0. The van der Waals surface area contributed by atoms with E-state index in [0.717, 1.165) is 67.3 Å². The largest absolute Gasteiger partial charge is 0.319 e. The van der Waals surface area contributed by atoms with Crippen LogP contribution in [0.25, 0.3) is 82.5 Å². The van der Waals surface area contributed by atoms with E-state index >= 15 is 0 Å². The third-order valence-corrected chi connectivity index (χ3v) is 8.92.